The van der Waals surface area contributed by atoms with Crippen LogP contribution >= 0.6 is 6.72 Å². The first-order chi connectivity index (χ1) is 13.0. The fourth-order valence-corrected chi connectivity index (χ4v) is 4.29. The lowest BCUT2D eigenvalue weighted by Gasteiger charge is -2.22. The van der Waals surface area contributed by atoms with Gasteiger partial charge in [-0.05, 0) is 43.2 Å². The highest BCUT2D eigenvalue weighted by Crippen LogP contribution is 2.50. The van der Waals surface area contributed by atoms with Crippen LogP contribution in [0.15, 0.2) is 42.5 Å². The normalized spacial score (nSPS) is 15.1. The summed E-state index contributed by atoms with van der Waals surface area (Å²) < 4.78 is 22.9. The number of rotatable bonds is 9. The highest BCUT2D eigenvalue weighted by Gasteiger charge is 2.28. The van der Waals surface area contributed by atoms with Crippen molar-refractivity contribution in [3.63, 3.8) is 0 Å². The van der Waals surface area contributed by atoms with Crippen molar-refractivity contribution in [2.75, 3.05) is 13.7 Å². The van der Waals surface area contributed by atoms with Gasteiger partial charge in [0.15, 0.2) is 5.78 Å². The van der Waals surface area contributed by atoms with Gasteiger partial charge in [-0.2, -0.15) is 0 Å². The molecule has 0 aliphatic heterocycles. The summed E-state index contributed by atoms with van der Waals surface area (Å²) in [5.74, 6) is 2.01. The lowest BCUT2D eigenvalue weighted by molar-refractivity contribution is 0.0994. The van der Waals surface area contributed by atoms with Gasteiger partial charge in [-0.1, -0.05) is 25.5 Å². The molecule has 2 aromatic carbocycles. The second kappa shape index (κ2) is 8.87. The molecule has 144 valence electrons. The molecule has 2 aromatic rings. The van der Waals surface area contributed by atoms with Crippen molar-refractivity contribution in [1.82, 2.24) is 0 Å². The van der Waals surface area contributed by atoms with Gasteiger partial charge in [0.2, 0.25) is 0 Å². The first-order valence-electron chi connectivity index (χ1n) is 8.97. The Morgan fingerprint density at radius 3 is 2.48 bits per heavy atom. The van der Waals surface area contributed by atoms with E-state index in [1.807, 2.05) is 18.2 Å². The Kier molecular flexibility index (Phi) is 6.53. The standard InChI is InChI=1S/C20H23O5PS/c1-3-4-14-23-15-8-10-16(11-9-15)24-26(27,22-2)25-20-7-5-6-17-18(20)12-13-19(17)21/h5-11H,3-4,12-14H2,1-2H3. The van der Waals surface area contributed by atoms with Crippen LogP contribution in [0.2, 0.25) is 0 Å². The average Bonchev–Trinajstić information content (AvgIpc) is 3.06. The number of ether oxygens (including phenoxy) is 1. The van der Waals surface area contributed by atoms with E-state index in [0.717, 1.165) is 24.2 Å². The van der Waals surface area contributed by atoms with Crippen molar-refractivity contribution < 1.29 is 23.1 Å². The van der Waals surface area contributed by atoms with Crippen LogP contribution in [-0.4, -0.2) is 19.5 Å². The second-order valence-corrected chi connectivity index (χ2v) is 9.16. The summed E-state index contributed by atoms with van der Waals surface area (Å²) in [7, 11) is 1.47. The summed E-state index contributed by atoms with van der Waals surface area (Å²) in [6.45, 7) is -0.247. The molecule has 3 rings (SSSR count). The zero-order valence-corrected chi connectivity index (χ0v) is 17.2. The molecular formula is C20H23O5PS. The number of benzene rings is 2. The fourth-order valence-electron chi connectivity index (χ4n) is 2.82. The molecule has 1 atom stereocenters. The Hall–Kier alpha value is -1.88. The molecule has 0 heterocycles. The smallest absolute Gasteiger partial charge is 0.434 e. The van der Waals surface area contributed by atoms with Crippen LogP contribution in [0.5, 0.6) is 17.2 Å². The molecule has 0 saturated heterocycles. The van der Waals surface area contributed by atoms with Crippen molar-refractivity contribution in [2.24, 2.45) is 0 Å². The molecule has 0 spiro atoms. The predicted molar refractivity (Wildman–Crippen MR) is 108 cm³/mol. The van der Waals surface area contributed by atoms with Gasteiger partial charge in [-0.25, -0.2) is 0 Å². The molecular weight excluding hydrogens is 383 g/mol. The number of ketones is 1. The van der Waals surface area contributed by atoms with Crippen molar-refractivity contribution in [3.05, 3.63) is 53.6 Å². The minimum absolute atomic E-state index is 0.126. The predicted octanol–water partition coefficient (Wildman–Crippen LogP) is 5.32. The van der Waals surface area contributed by atoms with Crippen molar-refractivity contribution in [2.45, 2.75) is 32.6 Å². The lowest BCUT2D eigenvalue weighted by atomic mass is 10.1. The summed E-state index contributed by atoms with van der Waals surface area (Å²) >= 11 is 5.51. The van der Waals surface area contributed by atoms with Gasteiger partial charge >= 0.3 is 6.72 Å². The Morgan fingerprint density at radius 2 is 1.78 bits per heavy atom. The molecule has 0 bridgehead atoms. The Labute approximate surface area is 164 Å². The summed E-state index contributed by atoms with van der Waals surface area (Å²) in [5, 5.41) is 0. The Balaban J connectivity index is 1.71. The van der Waals surface area contributed by atoms with Gasteiger partial charge in [0, 0.05) is 36.5 Å². The van der Waals surface area contributed by atoms with Gasteiger partial charge in [0.25, 0.3) is 0 Å². The molecule has 0 fully saturated rings. The van der Waals surface area contributed by atoms with E-state index in [9.17, 15) is 4.79 Å². The maximum absolute atomic E-state index is 11.9. The SMILES string of the molecule is CCCCOc1ccc(OP(=S)(OC)Oc2cccc3c2CCC3=O)cc1. The van der Waals surface area contributed by atoms with E-state index in [1.165, 1.54) is 7.11 Å². The molecule has 5 nitrogen and oxygen atoms in total. The van der Waals surface area contributed by atoms with E-state index in [-0.39, 0.29) is 5.78 Å². The third-order valence-corrected chi connectivity index (χ3v) is 6.47. The first kappa shape index (κ1) is 19.9. The van der Waals surface area contributed by atoms with Crippen LogP contribution in [0.3, 0.4) is 0 Å². The molecule has 0 amide bonds. The van der Waals surface area contributed by atoms with Gasteiger partial charge in [0.1, 0.15) is 17.2 Å². The number of carbonyl (C=O) groups is 1. The van der Waals surface area contributed by atoms with Gasteiger partial charge in [0.05, 0.1) is 6.61 Å². The zero-order valence-electron chi connectivity index (χ0n) is 15.5. The molecule has 0 saturated carbocycles. The van der Waals surface area contributed by atoms with Crippen LogP contribution in [0.25, 0.3) is 0 Å². The summed E-state index contributed by atoms with van der Waals surface area (Å²) in [6.07, 6.45) is 3.24. The van der Waals surface area contributed by atoms with E-state index in [1.54, 1.807) is 24.3 Å². The average molecular weight is 406 g/mol. The Morgan fingerprint density at radius 1 is 1.04 bits per heavy atom. The number of unbranched alkanes of at least 4 members (excludes halogenated alkanes) is 1. The number of carbonyl (C=O) groups excluding carboxylic acids is 1. The molecule has 1 unspecified atom stereocenters. The quantitative estimate of drug-likeness (QED) is 0.415. The van der Waals surface area contributed by atoms with E-state index in [0.29, 0.717) is 36.5 Å². The topological polar surface area (TPSA) is 54.0 Å². The van der Waals surface area contributed by atoms with Crippen molar-refractivity contribution in [3.8, 4) is 17.2 Å². The van der Waals surface area contributed by atoms with Gasteiger partial charge in [-0.3, -0.25) is 9.32 Å². The van der Waals surface area contributed by atoms with E-state index in [2.05, 4.69) is 6.92 Å². The zero-order chi connectivity index (χ0) is 19.3. The molecule has 0 radical (unpaired) electrons. The third kappa shape index (κ3) is 4.89. The second-order valence-electron chi connectivity index (χ2n) is 6.19. The molecule has 7 heteroatoms. The number of hydrogen-bond acceptors (Lipinski definition) is 6. The fraction of sp³-hybridized carbons (Fsp3) is 0.350. The largest absolute Gasteiger partial charge is 0.494 e. The van der Waals surface area contributed by atoms with Crippen molar-refractivity contribution >= 4 is 24.3 Å². The summed E-state index contributed by atoms with van der Waals surface area (Å²) in [5.41, 5.74) is 1.57. The Bertz CT molecular complexity index is 850. The van der Waals surface area contributed by atoms with Gasteiger partial charge in [-0.15, -0.1) is 0 Å². The van der Waals surface area contributed by atoms with E-state index < -0.39 is 6.72 Å². The van der Waals surface area contributed by atoms with Crippen LogP contribution in [0, 0.1) is 0 Å². The number of fused-ring (bicyclic) bond motifs is 1. The summed E-state index contributed by atoms with van der Waals surface area (Å²) in [4.78, 5) is 11.9. The van der Waals surface area contributed by atoms with Crippen molar-refractivity contribution in [1.29, 1.82) is 0 Å². The highest BCUT2D eigenvalue weighted by atomic mass is 32.5. The maximum atomic E-state index is 11.9. The van der Waals surface area contributed by atoms with Crippen LogP contribution in [0.1, 0.15) is 42.1 Å². The first-order valence-corrected chi connectivity index (χ1v) is 11.5. The lowest BCUT2D eigenvalue weighted by Crippen LogP contribution is -2.04. The van der Waals surface area contributed by atoms with Crippen LogP contribution in [-0.2, 0) is 22.8 Å². The minimum atomic E-state index is -3.06. The van der Waals surface area contributed by atoms with Gasteiger partial charge < -0.3 is 13.8 Å². The molecule has 1 aliphatic carbocycles. The number of hydrogen-bond donors (Lipinski definition) is 0. The highest BCUT2D eigenvalue weighted by molar-refractivity contribution is 8.07. The summed E-state index contributed by atoms with van der Waals surface area (Å²) in [6, 6.07) is 12.6. The number of Topliss-reactive ketones (excluding diaryl/α,β-unsaturated/α-hetero) is 1. The molecule has 0 aromatic heterocycles. The maximum Gasteiger partial charge on any atom is 0.434 e. The molecule has 0 N–H and O–H groups in total. The van der Waals surface area contributed by atoms with E-state index >= 15 is 0 Å². The van der Waals surface area contributed by atoms with E-state index in [4.69, 9.17) is 30.1 Å². The van der Waals surface area contributed by atoms with Crippen LogP contribution in [0.4, 0.5) is 0 Å². The van der Waals surface area contributed by atoms with Crippen LogP contribution < -0.4 is 13.8 Å². The minimum Gasteiger partial charge on any atom is -0.494 e. The monoisotopic (exact) mass is 406 g/mol. The molecule has 27 heavy (non-hydrogen) atoms. The molecule has 1 aliphatic rings. The third-order valence-electron chi connectivity index (χ3n) is 4.28.